The molecule has 0 fully saturated rings. The van der Waals surface area contributed by atoms with Crippen molar-refractivity contribution < 1.29 is 59.1 Å². The Kier molecular flexibility index (Phi) is 12.7. The van der Waals surface area contributed by atoms with E-state index in [4.69, 9.17) is 9.47 Å². The Hall–Kier alpha value is -5.62. The summed E-state index contributed by atoms with van der Waals surface area (Å²) in [4.78, 5) is 78.7. The Morgan fingerprint density at radius 3 is 1.13 bits per heavy atom. The first-order chi connectivity index (χ1) is 30.2. The molecule has 0 spiro atoms. The highest BCUT2D eigenvalue weighted by Crippen LogP contribution is 2.39. The van der Waals surface area contributed by atoms with E-state index in [9.17, 15) is 39.0 Å². The summed E-state index contributed by atoms with van der Waals surface area (Å²) in [5.41, 5.74) is 5.04. The summed E-state index contributed by atoms with van der Waals surface area (Å²) < 4.78 is 13.3. The standard InChI is InChI=1S/C47H30Br4N2O10/c48-28-17-22(18-29(49)42(28)52-32-9-11-34(54)40-38(32)44(58)24-5-1-3-7-26(24)46(40)60)13-15-62-36(56)21-37(57)63-16-14-23-19-30(50)43(31(51)20-23)53-33-10-12-35(55)41-39(33)45(59)25-6-2-4-8-27(25)47(41)61/h1-12,17-20,52-55H,13-16,21H2/p+2. The van der Waals surface area contributed by atoms with Gasteiger partial charge in [0.25, 0.3) is 0 Å². The van der Waals surface area contributed by atoms with Crippen LogP contribution in [0.15, 0.2) is 115 Å². The van der Waals surface area contributed by atoms with Crippen molar-refractivity contribution >= 4 is 122 Å². The molecule has 0 atom stereocenters. The summed E-state index contributed by atoms with van der Waals surface area (Å²) >= 11 is 14.4. The number of nitrogens with two attached hydrogens (primary N) is 2. The molecule has 0 radical (unpaired) electrons. The lowest BCUT2D eigenvalue weighted by molar-refractivity contribution is -0.480. The van der Waals surface area contributed by atoms with Crippen LogP contribution in [0.4, 0.5) is 22.7 Å². The van der Waals surface area contributed by atoms with E-state index in [0.717, 1.165) is 11.1 Å². The van der Waals surface area contributed by atoms with Gasteiger partial charge in [0, 0.05) is 47.2 Å². The lowest BCUT2D eigenvalue weighted by Gasteiger charge is -2.20. The van der Waals surface area contributed by atoms with Crippen LogP contribution in [-0.4, -0.2) is 58.5 Å². The number of phenols is 2. The van der Waals surface area contributed by atoms with Crippen molar-refractivity contribution in [2.45, 2.75) is 19.3 Å². The predicted octanol–water partition coefficient (Wildman–Crippen LogP) is 8.01. The van der Waals surface area contributed by atoms with Crippen LogP contribution in [0.5, 0.6) is 11.5 Å². The number of carbonyl (C=O) groups is 6. The van der Waals surface area contributed by atoms with Crippen LogP contribution in [0, 0.1) is 0 Å². The summed E-state index contributed by atoms with van der Waals surface area (Å²) in [7, 11) is 0. The third-order valence-electron chi connectivity index (χ3n) is 10.6. The van der Waals surface area contributed by atoms with Gasteiger partial charge in [0.05, 0.1) is 53.4 Å². The summed E-state index contributed by atoms with van der Waals surface area (Å²) in [6.45, 7) is -0.0165. The van der Waals surface area contributed by atoms with Crippen LogP contribution in [0.25, 0.3) is 0 Å². The first-order valence-corrected chi connectivity index (χ1v) is 22.4. The number of esters is 2. The van der Waals surface area contributed by atoms with E-state index in [1.807, 2.05) is 24.3 Å². The highest BCUT2D eigenvalue weighted by atomic mass is 79.9. The lowest BCUT2D eigenvalue weighted by Crippen LogP contribution is -2.72. The van der Waals surface area contributed by atoms with Crippen molar-refractivity contribution in [3.8, 4) is 11.5 Å². The molecule has 0 amide bonds. The second kappa shape index (κ2) is 18.2. The number of phenolic OH excluding ortho intramolecular Hbond substituents is 2. The van der Waals surface area contributed by atoms with Gasteiger partial charge in [-0.15, -0.1) is 0 Å². The topological polar surface area (TPSA) is 195 Å². The first kappa shape index (κ1) is 44.0. The van der Waals surface area contributed by atoms with Gasteiger partial charge in [-0.2, -0.15) is 0 Å². The number of rotatable bonds is 12. The average molecular weight is 1100 g/mol. The number of hydrogen-bond acceptors (Lipinski definition) is 10. The lowest BCUT2D eigenvalue weighted by atomic mass is 9.82. The SMILES string of the molecule is O=C(CC(=O)OCCc1cc(Br)c([NH2+]c2ccc(O)c3c2C(=O)c2ccccc2C3=O)c(Br)c1)OCCc1cc(Br)c([NH2+]c2ccc(O)c3c2C(=O)c2ccccc2C3=O)c(Br)c1. The fraction of sp³-hybridized carbons (Fsp3) is 0.106. The maximum absolute atomic E-state index is 13.5. The maximum Gasteiger partial charge on any atom is 0.317 e. The third-order valence-corrected chi connectivity index (χ3v) is 13.3. The zero-order valence-corrected chi connectivity index (χ0v) is 38.9. The first-order valence-electron chi connectivity index (χ1n) is 19.3. The van der Waals surface area contributed by atoms with Gasteiger partial charge in [0.2, 0.25) is 11.6 Å². The summed E-state index contributed by atoms with van der Waals surface area (Å²) in [6, 6.07) is 26.3. The Bertz CT molecular complexity index is 2740. The molecule has 16 heteroatoms. The quantitative estimate of drug-likeness (QED) is 0.0403. The molecule has 0 aromatic heterocycles. The molecule has 6 N–H and O–H groups in total. The van der Waals surface area contributed by atoms with Crippen molar-refractivity contribution in [2.75, 3.05) is 13.2 Å². The molecule has 0 unspecified atom stereocenters. The fourth-order valence-corrected chi connectivity index (χ4v) is 10.7. The van der Waals surface area contributed by atoms with Crippen molar-refractivity contribution in [1.82, 2.24) is 0 Å². The molecule has 6 aromatic rings. The number of benzene rings is 6. The molecule has 6 aromatic carbocycles. The van der Waals surface area contributed by atoms with Crippen LogP contribution in [0.2, 0.25) is 0 Å². The van der Waals surface area contributed by atoms with Crippen LogP contribution >= 0.6 is 63.7 Å². The van der Waals surface area contributed by atoms with Gasteiger partial charge in [-0.05, 0) is 111 Å². The highest BCUT2D eigenvalue weighted by Gasteiger charge is 2.37. The van der Waals surface area contributed by atoms with Gasteiger partial charge in [-0.25, -0.2) is 0 Å². The van der Waals surface area contributed by atoms with E-state index in [1.165, 1.54) is 12.1 Å². The second-order valence-electron chi connectivity index (χ2n) is 14.6. The zero-order chi connectivity index (χ0) is 44.7. The van der Waals surface area contributed by atoms with Gasteiger partial charge in [-0.1, -0.05) is 48.5 Å². The maximum atomic E-state index is 13.5. The minimum absolute atomic E-state index is 0.00826. The van der Waals surface area contributed by atoms with Crippen LogP contribution in [-0.2, 0) is 31.9 Å². The molecule has 2 aliphatic rings. The monoisotopic (exact) mass is 1100 g/mol. The Morgan fingerprint density at radius 1 is 0.476 bits per heavy atom. The second-order valence-corrected chi connectivity index (χ2v) is 18.0. The third kappa shape index (κ3) is 8.71. The summed E-state index contributed by atoms with van der Waals surface area (Å²) in [5.74, 6) is -3.61. The van der Waals surface area contributed by atoms with E-state index in [0.29, 0.717) is 53.5 Å². The number of aromatic hydroxyl groups is 2. The number of carbonyl (C=O) groups excluding carboxylic acids is 6. The van der Waals surface area contributed by atoms with Crippen LogP contribution in [0.3, 0.4) is 0 Å². The van der Waals surface area contributed by atoms with Crippen molar-refractivity contribution in [3.05, 3.63) is 171 Å². The molecular weight excluding hydrogens is 1070 g/mol. The Labute approximate surface area is 392 Å². The summed E-state index contributed by atoms with van der Waals surface area (Å²) in [6.07, 6.45) is 0.0741. The van der Waals surface area contributed by atoms with Gasteiger partial charge < -0.3 is 19.7 Å². The zero-order valence-electron chi connectivity index (χ0n) is 32.6. The van der Waals surface area contributed by atoms with E-state index in [1.54, 1.807) is 71.3 Å². The molecule has 2 aliphatic carbocycles. The molecule has 0 aliphatic heterocycles. The van der Waals surface area contributed by atoms with Crippen molar-refractivity contribution in [2.24, 2.45) is 0 Å². The Balaban J connectivity index is 0.829. The van der Waals surface area contributed by atoms with E-state index < -0.39 is 29.9 Å². The molecule has 0 bridgehead atoms. The average Bonchev–Trinajstić information content (AvgIpc) is 3.25. The summed E-state index contributed by atoms with van der Waals surface area (Å²) in [5, 5.41) is 24.7. The van der Waals surface area contributed by atoms with Gasteiger partial charge >= 0.3 is 11.9 Å². The molecule has 12 nitrogen and oxygen atoms in total. The minimum Gasteiger partial charge on any atom is -0.507 e. The molecular formula is C47H32Br4N2O10+2. The van der Waals surface area contributed by atoms with Gasteiger partial charge in [-0.3, -0.25) is 39.4 Å². The number of fused-ring (bicyclic) bond motifs is 4. The van der Waals surface area contributed by atoms with E-state index in [-0.39, 0.29) is 80.8 Å². The molecule has 0 saturated carbocycles. The molecule has 8 rings (SSSR count). The number of ketones is 4. The molecule has 0 heterocycles. The molecule has 0 saturated heterocycles. The van der Waals surface area contributed by atoms with E-state index >= 15 is 0 Å². The van der Waals surface area contributed by atoms with Crippen LogP contribution in [0.1, 0.15) is 81.2 Å². The predicted molar refractivity (Wildman–Crippen MR) is 243 cm³/mol. The van der Waals surface area contributed by atoms with Crippen molar-refractivity contribution in [3.63, 3.8) is 0 Å². The number of ether oxygens (including phenoxy) is 2. The Morgan fingerprint density at radius 2 is 0.794 bits per heavy atom. The normalized spacial score (nSPS) is 12.6. The number of quaternary nitrogens is 2. The minimum atomic E-state index is -0.744. The molecule has 63 heavy (non-hydrogen) atoms. The smallest absolute Gasteiger partial charge is 0.317 e. The van der Waals surface area contributed by atoms with Crippen molar-refractivity contribution in [1.29, 1.82) is 0 Å². The fourth-order valence-electron chi connectivity index (χ4n) is 7.64. The number of hydrogen-bond donors (Lipinski definition) is 4. The van der Waals surface area contributed by atoms with Crippen LogP contribution < -0.4 is 10.6 Å². The molecule has 316 valence electrons. The van der Waals surface area contributed by atoms with E-state index in [2.05, 4.69) is 63.7 Å². The largest absolute Gasteiger partial charge is 0.507 e. The highest BCUT2D eigenvalue weighted by molar-refractivity contribution is 9.11. The van der Waals surface area contributed by atoms with Gasteiger partial charge in [0.1, 0.15) is 29.3 Å². The van der Waals surface area contributed by atoms with Gasteiger partial charge in [0.15, 0.2) is 22.9 Å². The number of halogens is 4.